The van der Waals surface area contributed by atoms with Crippen molar-refractivity contribution in [2.24, 2.45) is 5.92 Å². The lowest BCUT2D eigenvalue weighted by molar-refractivity contribution is -0.384. The fraction of sp³-hybridized carbons (Fsp3) is 0.308. The van der Waals surface area contributed by atoms with Gasteiger partial charge in [-0.25, -0.2) is 4.98 Å². The van der Waals surface area contributed by atoms with Crippen molar-refractivity contribution in [3.05, 3.63) is 82.0 Å². The summed E-state index contributed by atoms with van der Waals surface area (Å²) in [6.45, 7) is 2.62. The number of non-ortho nitro benzene ring substituents is 1. The topological polar surface area (TPSA) is 110 Å². The molecule has 3 aromatic rings. The Kier molecular flexibility index (Phi) is 5.55. The van der Waals surface area contributed by atoms with Gasteiger partial charge < -0.3 is 24.6 Å². The van der Waals surface area contributed by atoms with Crippen molar-refractivity contribution in [2.45, 2.75) is 19.0 Å². The summed E-state index contributed by atoms with van der Waals surface area (Å²) in [5.74, 6) is 1.79. The number of nitrogens with zero attached hydrogens (tertiary/aromatic N) is 4. The van der Waals surface area contributed by atoms with E-state index in [1.165, 1.54) is 0 Å². The number of fused-ring (bicyclic) bond motifs is 4. The van der Waals surface area contributed by atoms with Crippen molar-refractivity contribution in [2.75, 3.05) is 36.2 Å². The Hall–Kier alpha value is -4.34. The highest BCUT2D eigenvalue weighted by Crippen LogP contribution is 2.38. The third kappa shape index (κ3) is 4.04. The first kappa shape index (κ1) is 22.1. The molecule has 1 saturated heterocycles. The fourth-order valence-electron chi connectivity index (χ4n) is 5.34. The molecule has 0 saturated carbocycles. The van der Waals surface area contributed by atoms with E-state index in [9.17, 15) is 14.9 Å². The summed E-state index contributed by atoms with van der Waals surface area (Å²) in [7, 11) is 0. The number of hydrogen-bond donors (Lipinski definition) is 1. The van der Waals surface area contributed by atoms with E-state index in [2.05, 4.69) is 20.1 Å². The first-order valence-electron chi connectivity index (χ1n) is 11.9. The molecule has 3 aliphatic heterocycles. The highest BCUT2D eigenvalue weighted by atomic mass is 16.7. The number of anilines is 2. The monoisotopic (exact) mass is 487 g/mol. The molecule has 0 bridgehead atoms. The number of carbonyl (C=O) groups is 1. The maximum absolute atomic E-state index is 13.6. The van der Waals surface area contributed by atoms with E-state index in [0.29, 0.717) is 37.6 Å². The van der Waals surface area contributed by atoms with Crippen LogP contribution in [0.1, 0.15) is 11.1 Å². The number of amides is 1. The summed E-state index contributed by atoms with van der Waals surface area (Å²) in [4.78, 5) is 33.5. The number of aromatic nitrogens is 1. The summed E-state index contributed by atoms with van der Waals surface area (Å²) in [6.07, 6.45) is 2.20. The van der Waals surface area contributed by atoms with E-state index in [1.807, 2.05) is 42.5 Å². The molecule has 10 heteroatoms. The number of benzene rings is 2. The predicted octanol–water partition coefficient (Wildman–Crippen LogP) is 2.90. The summed E-state index contributed by atoms with van der Waals surface area (Å²) < 4.78 is 10.8. The number of nitro groups is 1. The Balaban J connectivity index is 1.26. The molecule has 4 heterocycles. The van der Waals surface area contributed by atoms with Gasteiger partial charge >= 0.3 is 0 Å². The molecule has 1 N–H and O–H groups in total. The lowest BCUT2D eigenvalue weighted by atomic mass is 9.83. The Morgan fingerprint density at radius 1 is 1.11 bits per heavy atom. The van der Waals surface area contributed by atoms with Crippen molar-refractivity contribution in [3.63, 3.8) is 0 Å². The van der Waals surface area contributed by atoms with Gasteiger partial charge in [-0.3, -0.25) is 14.9 Å². The van der Waals surface area contributed by atoms with Gasteiger partial charge in [-0.15, -0.1) is 0 Å². The molecule has 1 fully saturated rings. The normalized spacial score (nSPS) is 19.9. The molecular formula is C26H25N5O5. The van der Waals surface area contributed by atoms with Crippen molar-refractivity contribution in [1.82, 2.24) is 10.3 Å². The zero-order chi connectivity index (χ0) is 24.6. The Labute approximate surface area is 207 Å². The maximum atomic E-state index is 13.6. The standard InChI is InChI=1S/C26H25N5O5/c32-26(28-14-17-4-7-23-24(11-17)36-16-35-23)20-13-18-12-19(31(33)34)5-6-21(18)30-10-9-29(15-22(20)30)25-3-1-2-8-27-25/h1-8,11-12,20,22H,9-10,13-16H2,(H,28,32)/t20-,22-/m0/s1. The van der Waals surface area contributed by atoms with Crippen LogP contribution in [0.15, 0.2) is 60.8 Å². The first-order valence-corrected chi connectivity index (χ1v) is 11.9. The molecule has 36 heavy (non-hydrogen) atoms. The maximum Gasteiger partial charge on any atom is 0.269 e. The number of nitro benzene ring substituents is 1. The summed E-state index contributed by atoms with van der Waals surface area (Å²) in [5, 5.41) is 14.5. The third-order valence-corrected chi connectivity index (χ3v) is 7.12. The molecule has 10 nitrogen and oxygen atoms in total. The highest BCUT2D eigenvalue weighted by Gasteiger charge is 2.42. The number of piperazine rings is 1. The van der Waals surface area contributed by atoms with Gasteiger partial charge in [0.2, 0.25) is 12.7 Å². The van der Waals surface area contributed by atoms with E-state index in [4.69, 9.17) is 9.47 Å². The molecule has 2 atom stereocenters. The smallest absolute Gasteiger partial charge is 0.269 e. The van der Waals surface area contributed by atoms with Gasteiger partial charge in [0.05, 0.1) is 16.9 Å². The molecule has 184 valence electrons. The molecule has 3 aliphatic rings. The fourth-order valence-corrected chi connectivity index (χ4v) is 5.34. The molecular weight excluding hydrogens is 462 g/mol. The van der Waals surface area contributed by atoms with Crippen LogP contribution in [0.4, 0.5) is 17.2 Å². The average molecular weight is 488 g/mol. The average Bonchev–Trinajstić information content (AvgIpc) is 3.39. The lowest BCUT2D eigenvalue weighted by Crippen LogP contribution is -2.61. The Bertz CT molecular complexity index is 1320. The van der Waals surface area contributed by atoms with Crippen LogP contribution in [0.5, 0.6) is 11.5 Å². The van der Waals surface area contributed by atoms with Crippen LogP contribution in [0.25, 0.3) is 0 Å². The van der Waals surface area contributed by atoms with E-state index in [0.717, 1.165) is 29.2 Å². The van der Waals surface area contributed by atoms with Gasteiger partial charge in [0.15, 0.2) is 11.5 Å². The van der Waals surface area contributed by atoms with Crippen molar-refractivity contribution in [1.29, 1.82) is 0 Å². The number of hydrogen-bond acceptors (Lipinski definition) is 8. The minimum Gasteiger partial charge on any atom is -0.454 e. The SMILES string of the molecule is O=C(NCc1ccc2c(c1)OCO2)[C@H]1Cc2cc([N+](=O)[O-])ccc2N2CCN(c3ccccn3)C[C@@H]12. The number of pyridine rings is 1. The van der Waals surface area contributed by atoms with Crippen molar-refractivity contribution < 1.29 is 19.2 Å². The van der Waals surface area contributed by atoms with Crippen LogP contribution < -0.4 is 24.6 Å². The van der Waals surface area contributed by atoms with E-state index >= 15 is 0 Å². The number of nitrogens with one attached hydrogen (secondary N) is 1. The second-order valence-corrected chi connectivity index (χ2v) is 9.18. The highest BCUT2D eigenvalue weighted by molar-refractivity contribution is 5.82. The minimum absolute atomic E-state index is 0.0406. The molecule has 6 rings (SSSR count). The molecule has 0 unspecified atom stereocenters. The number of ether oxygens (including phenoxy) is 2. The van der Waals surface area contributed by atoms with Crippen LogP contribution in [0, 0.1) is 16.0 Å². The van der Waals surface area contributed by atoms with E-state index in [-0.39, 0.29) is 35.3 Å². The van der Waals surface area contributed by atoms with Crippen LogP contribution in [-0.2, 0) is 17.8 Å². The molecule has 0 aliphatic carbocycles. The minimum atomic E-state index is -0.389. The van der Waals surface area contributed by atoms with Gasteiger partial charge in [-0.2, -0.15) is 0 Å². The number of carbonyl (C=O) groups excluding carboxylic acids is 1. The second-order valence-electron chi connectivity index (χ2n) is 9.18. The summed E-state index contributed by atoms with van der Waals surface area (Å²) in [5.41, 5.74) is 2.75. The summed E-state index contributed by atoms with van der Waals surface area (Å²) >= 11 is 0. The van der Waals surface area contributed by atoms with Gasteiger partial charge in [0.25, 0.3) is 5.69 Å². The molecule has 0 radical (unpaired) electrons. The van der Waals surface area contributed by atoms with Crippen molar-refractivity contribution >= 4 is 23.1 Å². The first-order chi connectivity index (χ1) is 17.6. The van der Waals surface area contributed by atoms with Gasteiger partial charge in [-0.1, -0.05) is 12.1 Å². The van der Waals surface area contributed by atoms with E-state index in [1.54, 1.807) is 18.3 Å². The van der Waals surface area contributed by atoms with Crippen LogP contribution in [0.3, 0.4) is 0 Å². The Morgan fingerprint density at radius 3 is 2.83 bits per heavy atom. The van der Waals surface area contributed by atoms with Crippen LogP contribution in [0.2, 0.25) is 0 Å². The lowest BCUT2D eigenvalue weighted by Gasteiger charge is -2.49. The predicted molar refractivity (Wildman–Crippen MR) is 132 cm³/mol. The third-order valence-electron chi connectivity index (χ3n) is 7.12. The quantitative estimate of drug-likeness (QED) is 0.432. The molecule has 1 amide bonds. The van der Waals surface area contributed by atoms with E-state index < -0.39 is 0 Å². The zero-order valence-electron chi connectivity index (χ0n) is 19.5. The van der Waals surface area contributed by atoms with Gasteiger partial charge in [0.1, 0.15) is 5.82 Å². The van der Waals surface area contributed by atoms with Gasteiger partial charge in [0, 0.05) is 50.2 Å². The molecule has 0 spiro atoms. The summed E-state index contributed by atoms with van der Waals surface area (Å²) in [6, 6.07) is 16.3. The second kappa shape index (κ2) is 9.03. The molecule has 1 aromatic heterocycles. The van der Waals surface area contributed by atoms with Crippen molar-refractivity contribution in [3.8, 4) is 11.5 Å². The number of rotatable bonds is 5. The largest absolute Gasteiger partial charge is 0.454 e. The zero-order valence-corrected chi connectivity index (χ0v) is 19.5. The van der Waals surface area contributed by atoms with Crippen LogP contribution >= 0.6 is 0 Å². The van der Waals surface area contributed by atoms with Crippen LogP contribution in [-0.4, -0.2) is 48.3 Å². The molecule has 2 aromatic carbocycles. The van der Waals surface area contributed by atoms with Gasteiger partial charge in [-0.05, 0) is 47.9 Å². The Morgan fingerprint density at radius 2 is 2.00 bits per heavy atom.